The summed E-state index contributed by atoms with van der Waals surface area (Å²) < 4.78 is 0. The first-order valence-corrected chi connectivity index (χ1v) is 4.86. The fraction of sp³-hybridized carbons (Fsp3) is 0.900. The van der Waals surface area contributed by atoms with Gasteiger partial charge in [-0.2, -0.15) is 0 Å². The zero-order valence-electron chi connectivity index (χ0n) is 8.34. The minimum atomic E-state index is 0.236. The van der Waals surface area contributed by atoms with Crippen LogP contribution in [-0.4, -0.2) is 23.9 Å². The Morgan fingerprint density at radius 2 is 2.17 bits per heavy atom. The van der Waals surface area contributed by atoms with Crippen LogP contribution in [0.15, 0.2) is 0 Å². The predicted octanol–water partition coefficient (Wildman–Crippen LogP) is 1.90. The molecular formula is C10H19NO. The molecule has 0 radical (unpaired) electrons. The molecule has 0 N–H and O–H groups in total. The highest BCUT2D eigenvalue weighted by molar-refractivity contribution is 5.73. The maximum Gasteiger partial charge on any atom is 0.219 e. The summed E-state index contributed by atoms with van der Waals surface area (Å²) >= 11 is 0. The van der Waals surface area contributed by atoms with Crippen molar-refractivity contribution in [1.29, 1.82) is 0 Å². The molecule has 1 amide bonds. The molecule has 1 aliphatic rings. The molecule has 0 bridgehead atoms. The number of hydrogen-bond acceptors (Lipinski definition) is 1. The zero-order chi connectivity index (χ0) is 9.14. The highest BCUT2D eigenvalue weighted by Crippen LogP contribution is 2.23. The lowest BCUT2D eigenvalue weighted by molar-refractivity contribution is -0.130. The number of amides is 1. The zero-order valence-corrected chi connectivity index (χ0v) is 8.34. The molecule has 0 saturated carbocycles. The normalized spacial score (nSPS) is 24.7. The number of likely N-dealkylation sites (tertiary alicyclic amines) is 1. The van der Waals surface area contributed by atoms with Gasteiger partial charge in [-0.3, -0.25) is 4.79 Å². The van der Waals surface area contributed by atoms with E-state index in [0.29, 0.717) is 5.92 Å². The summed E-state index contributed by atoms with van der Waals surface area (Å²) in [4.78, 5) is 13.1. The summed E-state index contributed by atoms with van der Waals surface area (Å²) in [6.07, 6.45) is 2.48. The van der Waals surface area contributed by atoms with Crippen molar-refractivity contribution in [3.63, 3.8) is 0 Å². The van der Waals surface area contributed by atoms with Gasteiger partial charge in [0.15, 0.2) is 0 Å². The first-order valence-electron chi connectivity index (χ1n) is 4.86. The Morgan fingerprint density at radius 3 is 2.67 bits per heavy atom. The van der Waals surface area contributed by atoms with Crippen molar-refractivity contribution in [2.75, 3.05) is 13.1 Å². The van der Waals surface area contributed by atoms with Crippen LogP contribution in [0.4, 0.5) is 0 Å². The topological polar surface area (TPSA) is 20.3 Å². The van der Waals surface area contributed by atoms with Crippen LogP contribution in [0.2, 0.25) is 0 Å². The lowest BCUT2D eigenvalue weighted by Gasteiger charge is -2.34. The summed E-state index contributed by atoms with van der Waals surface area (Å²) in [5.41, 5.74) is 0. The first kappa shape index (κ1) is 9.56. The second kappa shape index (κ2) is 3.92. The molecule has 2 heteroatoms. The van der Waals surface area contributed by atoms with E-state index in [-0.39, 0.29) is 5.91 Å². The lowest BCUT2D eigenvalue weighted by Crippen LogP contribution is -2.40. The molecule has 1 rings (SSSR count). The van der Waals surface area contributed by atoms with E-state index in [1.807, 2.05) is 4.90 Å². The average molecular weight is 169 g/mol. The van der Waals surface area contributed by atoms with E-state index in [2.05, 4.69) is 13.8 Å². The van der Waals surface area contributed by atoms with E-state index in [1.54, 1.807) is 6.92 Å². The van der Waals surface area contributed by atoms with Crippen molar-refractivity contribution < 1.29 is 4.79 Å². The van der Waals surface area contributed by atoms with E-state index >= 15 is 0 Å². The van der Waals surface area contributed by atoms with E-state index in [9.17, 15) is 4.79 Å². The third-order valence-electron chi connectivity index (χ3n) is 2.85. The molecule has 0 aromatic heterocycles. The SMILES string of the molecule is CC(=O)N1CCCC(C(C)C)C1. The summed E-state index contributed by atoms with van der Waals surface area (Å²) in [7, 11) is 0. The van der Waals surface area contributed by atoms with Crippen LogP contribution < -0.4 is 0 Å². The summed E-state index contributed by atoms with van der Waals surface area (Å²) in [5, 5.41) is 0. The highest BCUT2D eigenvalue weighted by Gasteiger charge is 2.23. The van der Waals surface area contributed by atoms with Crippen LogP contribution in [0.1, 0.15) is 33.6 Å². The Kier molecular flexibility index (Phi) is 3.12. The van der Waals surface area contributed by atoms with Gasteiger partial charge in [-0.1, -0.05) is 13.8 Å². The quantitative estimate of drug-likeness (QED) is 0.587. The molecule has 1 saturated heterocycles. The Balaban J connectivity index is 2.46. The second-order valence-electron chi connectivity index (χ2n) is 4.11. The fourth-order valence-corrected chi connectivity index (χ4v) is 1.84. The minimum Gasteiger partial charge on any atom is -0.343 e. The van der Waals surface area contributed by atoms with Gasteiger partial charge in [-0.15, -0.1) is 0 Å². The largest absolute Gasteiger partial charge is 0.343 e. The van der Waals surface area contributed by atoms with Crippen LogP contribution in [0.25, 0.3) is 0 Å². The molecule has 1 unspecified atom stereocenters. The molecule has 12 heavy (non-hydrogen) atoms. The summed E-state index contributed by atoms with van der Waals surface area (Å²) in [6.45, 7) is 8.11. The molecule has 0 aromatic rings. The molecule has 2 nitrogen and oxygen atoms in total. The number of hydrogen-bond donors (Lipinski definition) is 0. The van der Waals surface area contributed by atoms with Crippen LogP contribution in [0.5, 0.6) is 0 Å². The van der Waals surface area contributed by atoms with Gasteiger partial charge in [0.25, 0.3) is 0 Å². The minimum absolute atomic E-state index is 0.236. The molecule has 1 fully saturated rings. The summed E-state index contributed by atoms with van der Waals surface area (Å²) in [5.74, 6) is 1.68. The standard InChI is InChI=1S/C10H19NO/c1-8(2)10-5-4-6-11(7-10)9(3)12/h8,10H,4-7H2,1-3H3. The molecule has 1 heterocycles. The van der Waals surface area contributed by atoms with Gasteiger partial charge in [0.05, 0.1) is 0 Å². The van der Waals surface area contributed by atoms with Crippen molar-refractivity contribution in [3.8, 4) is 0 Å². The van der Waals surface area contributed by atoms with Crippen LogP contribution in [0, 0.1) is 11.8 Å². The predicted molar refractivity (Wildman–Crippen MR) is 49.8 cm³/mol. The van der Waals surface area contributed by atoms with Crippen LogP contribution in [-0.2, 0) is 4.79 Å². The van der Waals surface area contributed by atoms with E-state index in [1.165, 1.54) is 12.8 Å². The van der Waals surface area contributed by atoms with Gasteiger partial charge in [0, 0.05) is 20.0 Å². The molecular weight excluding hydrogens is 150 g/mol. The Labute approximate surface area is 74.9 Å². The maximum absolute atomic E-state index is 11.1. The fourth-order valence-electron chi connectivity index (χ4n) is 1.84. The third-order valence-corrected chi connectivity index (χ3v) is 2.85. The molecule has 70 valence electrons. The number of nitrogens with zero attached hydrogens (tertiary/aromatic N) is 1. The van der Waals surface area contributed by atoms with Gasteiger partial charge in [-0.25, -0.2) is 0 Å². The van der Waals surface area contributed by atoms with Crippen molar-refractivity contribution >= 4 is 5.91 Å². The molecule has 1 atom stereocenters. The van der Waals surface area contributed by atoms with Crippen molar-refractivity contribution in [2.24, 2.45) is 11.8 Å². The molecule has 0 aromatic carbocycles. The monoisotopic (exact) mass is 169 g/mol. The summed E-state index contributed by atoms with van der Waals surface area (Å²) in [6, 6.07) is 0. The molecule has 1 aliphatic heterocycles. The van der Waals surface area contributed by atoms with Crippen molar-refractivity contribution in [1.82, 2.24) is 4.90 Å². The number of rotatable bonds is 1. The second-order valence-corrected chi connectivity index (χ2v) is 4.11. The van der Waals surface area contributed by atoms with E-state index in [4.69, 9.17) is 0 Å². The van der Waals surface area contributed by atoms with Gasteiger partial charge >= 0.3 is 0 Å². The highest BCUT2D eigenvalue weighted by atomic mass is 16.2. The van der Waals surface area contributed by atoms with E-state index in [0.717, 1.165) is 19.0 Å². The van der Waals surface area contributed by atoms with Crippen molar-refractivity contribution in [3.05, 3.63) is 0 Å². The molecule has 0 aliphatic carbocycles. The van der Waals surface area contributed by atoms with Crippen LogP contribution >= 0.6 is 0 Å². The first-order chi connectivity index (χ1) is 5.61. The number of carbonyl (C=O) groups excluding carboxylic acids is 1. The van der Waals surface area contributed by atoms with Gasteiger partial charge in [0.2, 0.25) is 5.91 Å². The van der Waals surface area contributed by atoms with Gasteiger partial charge in [0.1, 0.15) is 0 Å². The van der Waals surface area contributed by atoms with Crippen molar-refractivity contribution in [2.45, 2.75) is 33.6 Å². The van der Waals surface area contributed by atoms with Gasteiger partial charge < -0.3 is 4.90 Å². The Hall–Kier alpha value is -0.530. The molecule has 0 spiro atoms. The lowest BCUT2D eigenvalue weighted by atomic mass is 9.88. The Morgan fingerprint density at radius 1 is 1.50 bits per heavy atom. The number of carbonyl (C=O) groups is 1. The number of piperidine rings is 1. The van der Waals surface area contributed by atoms with Crippen LogP contribution in [0.3, 0.4) is 0 Å². The Bertz CT molecular complexity index is 165. The van der Waals surface area contributed by atoms with Gasteiger partial charge in [-0.05, 0) is 24.7 Å². The third kappa shape index (κ3) is 2.23. The smallest absolute Gasteiger partial charge is 0.219 e. The average Bonchev–Trinajstić information content (AvgIpc) is 2.04. The maximum atomic E-state index is 11.1. The van der Waals surface area contributed by atoms with E-state index < -0.39 is 0 Å².